The van der Waals surface area contributed by atoms with Gasteiger partial charge in [-0.15, -0.1) is 0 Å². The van der Waals surface area contributed by atoms with Gasteiger partial charge in [0.05, 0.1) is 5.69 Å². The van der Waals surface area contributed by atoms with Crippen molar-refractivity contribution in [3.05, 3.63) is 38.2 Å². The molecule has 0 atom stereocenters. The summed E-state index contributed by atoms with van der Waals surface area (Å²) in [7, 11) is 0. The van der Waals surface area contributed by atoms with Gasteiger partial charge >= 0.3 is 0 Å². The summed E-state index contributed by atoms with van der Waals surface area (Å²) < 4.78 is 0.710. The fraction of sp³-hybridized carbons (Fsp3) is 0.385. The van der Waals surface area contributed by atoms with Crippen LogP contribution in [-0.2, 0) is 0 Å². The van der Waals surface area contributed by atoms with Crippen LogP contribution in [0.3, 0.4) is 0 Å². The molecule has 0 radical (unpaired) electrons. The molecule has 0 saturated heterocycles. The van der Waals surface area contributed by atoms with Crippen LogP contribution in [0, 0.1) is 3.57 Å². The van der Waals surface area contributed by atoms with Crippen LogP contribution in [0.2, 0.25) is 0 Å². The molecule has 2 aromatic rings. The van der Waals surface area contributed by atoms with E-state index in [4.69, 9.17) is 0 Å². The molecule has 2 heterocycles. The highest BCUT2D eigenvalue weighted by Crippen LogP contribution is 2.34. The summed E-state index contributed by atoms with van der Waals surface area (Å²) >= 11 is 2.09. The second-order valence-electron chi connectivity index (χ2n) is 4.69. The topological polar surface area (TPSA) is 71.5 Å². The van der Waals surface area contributed by atoms with E-state index in [0.29, 0.717) is 21.0 Å². The van der Waals surface area contributed by atoms with Crippen molar-refractivity contribution in [3.63, 3.8) is 0 Å². The van der Waals surface area contributed by atoms with Crippen LogP contribution in [0.4, 0.5) is 0 Å². The van der Waals surface area contributed by atoms with Gasteiger partial charge in [0.25, 0.3) is 5.56 Å². The van der Waals surface area contributed by atoms with Crippen molar-refractivity contribution < 1.29 is 0 Å². The zero-order valence-electron chi connectivity index (χ0n) is 10.3. The van der Waals surface area contributed by atoms with Crippen molar-refractivity contribution in [2.45, 2.75) is 31.6 Å². The Morgan fingerprint density at radius 2 is 2.11 bits per heavy atom. The van der Waals surface area contributed by atoms with Gasteiger partial charge in [0.15, 0.2) is 5.82 Å². The lowest BCUT2D eigenvalue weighted by atomic mass is 10.0. The van der Waals surface area contributed by atoms with E-state index < -0.39 is 0 Å². The molecule has 1 aliphatic carbocycles. The van der Waals surface area contributed by atoms with Gasteiger partial charge in [0, 0.05) is 12.1 Å². The zero-order valence-corrected chi connectivity index (χ0v) is 12.4. The molecule has 98 valence electrons. The Balaban J connectivity index is 2.10. The lowest BCUT2D eigenvalue weighted by Gasteiger charge is -2.11. The Bertz CT molecular complexity index is 635. The molecule has 2 aromatic heterocycles. The minimum atomic E-state index is -0.0777. The molecule has 0 spiro atoms. The van der Waals surface area contributed by atoms with Crippen molar-refractivity contribution in [1.29, 1.82) is 0 Å². The van der Waals surface area contributed by atoms with E-state index in [1.165, 1.54) is 19.2 Å². The van der Waals surface area contributed by atoms with Crippen molar-refractivity contribution in [3.8, 4) is 11.5 Å². The Morgan fingerprint density at radius 1 is 1.32 bits per heavy atom. The highest BCUT2D eigenvalue weighted by atomic mass is 127. The number of nitrogens with zero attached hydrogens (tertiary/aromatic N) is 3. The van der Waals surface area contributed by atoms with Gasteiger partial charge in [-0.05, 0) is 41.5 Å². The van der Waals surface area contributed by atoms with Crippen molar-refractivity contribution in [2.75, 3.05) is 0 Å². The van der Waals surface area contributed by atoms with Gasteiger partial charge in [-0.3, -0.25) is 4.79 Å². The Morgan fingerprint density at radius 3 is 2.79 bits per heavy atom. The molecule has 1 aliphatic rings. The number of hydrogen-bond acceptors (Lipinski definition) is 4. The van der Waals surface area contributed by atoms with Crippen LogP contribution < -0.4 is 5.56 Å². The van der Waals surface area contributed by atoms with E-state index in [1.54, 1.807) is 12.3 Å². The Kier molecular flexibility index (Phi) is 3.58. The first kappa shape index (κ1) is 12.7. The van der Waals surface area contributed by atoms with Crippen LogP contribution in [-0.4, -0.2) is 19.9 Å². The first-order valence-corrected chi connectivity index (χ1v) is 7.39. The molecule has 3 rings (SSSR count). The second kappa shape index (κ2) is 5.36. The molecule has 5 nitrogen and oxygen atoms in total. The monoisotopic (exact) mass is 368 g/mol. The highest BCUT2D eigenvalue weighted by molar-refractivity contribution is 14.1. The van der Waals surface area contributed by atoms with Crippen LogP contribution in [0.15, 0.2) is 23.4 Å². The fourth-order valence-electron chi connectivity index (χ4n) is 2.50. The van der Waals surface area contributed by atoms with Crippen molar-refractivity contribution in [1.82, 2.24) is 19.9 Å². The smallest absolute Gasteiger partial charge is 0.264 e. The summed E-state index contributed by atoms with van der Waals surface area (Å²) in [4.78, 5) is 27.5. The van der Waals surface area contributed by atoms with E-state index in [0.717, 1.165) is 18.5 Å². The molecule has 19 heavy (non-hydrogen) atoms. The number of aromatic nitrogens is 4. The maximum absolute atomic E-state index is 12.0. The normalized spacial score (nSPS) is 15.8. The number of nitrogens with one attached hydrogen (secondary N) is 1. The first-order valence-electron chi connectivity index (χ1n) is 6.32. The minimum absolute atomic E-state index is 0.0777. The lowest BCUT2D eigenvalue weighted by Crippen LogP contribution is -2.18. The van der Waals surface area contributed by atoms with Gasteiger partial charge in [-0.2, -0.15) is 0 Å². The predicted molar refractivity (Wildman–Crippen MR) is 79.8 cm³/mol. The third-order valence-corrected chi connectivity index (χ3v) is 4.50. The maximum Gasteiger partial charge on any atom is 0.264 e. The molecule has 0 aromatic carbocycles. The number of H-pyrrole nitrogens is 1. The molecule has 0 unspecified atom stereocenters. The quantitative estimate of drug-likeness (QED) is 0.827. The predicted octanol–water partition coefficient (Wildman–Crippen LogP) is 2.49. The van der Waals surface area contributed by atoms with Crippen molar-refractivity contribution >= 4 is 22.6 Å². The van der Waals surface area contributed by atoms with Gasteiger partial charge in [0.2, 0.25) is 0 Å². The SMILES string of the molecule is O=c1[nH]c(-c2ccncn2)nc(C2CCCC2)c1I. The average Bonchev–Trinajstić information content (AvgIpc) is 2.96. The summed E-state index contributed by atoms with van der Waals surface area (Å²) in [5.41, 5.74) is 1.50. The third kappa shape index (κ3) is 2.54. The number of halogens is 1. The zero-order chi connectivity index (χ0) is 13.2. The van der Waals surface area contributed by atoms with Crippen LogP contribution in [0.1, 0.15) is 37.3 Å². The summed E-state index contributed by atoms with van der Waals surface area (Å²) in [5, 5.41) is 0. The number of rotatable bonds is 2. The third-order valence-electron chi connectivity index (χ3n) is 3.45. The summed E-state index contributed by atoms with van der Waals surface area (Å²) in [6.45, 7) is 0. The van der Waals surface area contributed by atoms with E-state index in [-0.39, 0.29) is 5.56 Å². The molecular weight excluding hydrogens is 355 g/mol. The first-order chi connectivity index (χ1) is 9.25. The van der Waals surface area contributed by atoms with Crippen LogP contribution >= 0.6 is 22.6 Å². The summed E-state index contributed by atoms with van der Waals surface area (Å²) in [5.74, 6) is 0.949. The molecule has 0 amide bonds. The molecule has 0 bridgehead atoms. The largest absolute Gasteiger partial charge is 0.304 e. The van der Waals surface area contributed by atoms with Gasteiger partial charge in [-0.25, -0.2) is 15.0 Å². The van der Waals surface area contributed by atoms with E-state index >= 15 is 0 Å². The van der Waals surface area contributed by atoms with Crippen LogP contribution in [0.25, 0.3) is 11.5 Å². The molecule has 1 saturated carbocycles. The van der Waals surface area contributed by atoms with Crippen molar-refractivity contribution in [2.24, 2.45) is 0 Å². The molecular formula is C13H13IN4O. The standard InChI is InChI=1S/C13H13IN4O/c14-10-11(8-3-1-2-4-8)17-12(18-13(10)19)9-5-6-15-7-16-9/h5-8H,1-4H2,(H,17,18,19). The molecule has 0 aliphatic heterocycles. The summed E-state index contributed by atoms with van der Waals surface area (Å²) in [6, 6.07) is 1.75. The van der Waals surface area contributed by atoms with Crippen LogP contribution in [0.5, 0.6) is 0 Å². The van der Waals surface area contributed by atoms with Gasteiger partial charge in [-0.1, -0.05) is 12.8 Å². The maximum atomic E-state index is 12.0. The highest BCUT2D eigenvalue weighted by Gasteiger charge is 2.23. The fourth-order valence-corrected chi connectivity index (χ4v) is 3.19. The number of aromatic amines is 1. The van der Waals surface area contributed by atoms with Gasteiger partial charge in [0.1, 0.15) is 15.6 Å². The Labute approximate surface area is 124 Å². The molecule has 1 N–H and O–H groups in total. The average molecular weight is 368 g/mol. The minimum Gasteiger partial charge on any atom is -0.304 e. The number of hydrogen-bond donors (Lipinski definition) is 1. The van der Waals surface area contributed by atoms with E-state index in [9.17, 15) is 4.79 Å². The van der Waals surface area contributed by atoms with E-state index in [1.807, 2.05) is 0 Å². The second-order valence-corrected chi connectivity index (χ2v) is 5.77. The summed E-state index contributed by atoms with van der Waals surface area (Å²) in [6.07, 6.45) is 7.79. The molecule has 6 heteroatoms. The Hall–Kier alpha value is -1.31. The van der Waals surface area contributed by atoms with E-state index in [2.05, 4.69) is 42.5 Å². The van der Waals surface area contributed by atoms with Gasteiger partial charge < -0.3 is 4.98 Å². The molecule has 1 fully saturated rings. The lowest BCUT2D eigenvalue weighted by molar-refractivity contribution is 0.687.